The van der Waals surface area contributed by atoms with Gasteiger partial charge in [0, 0.05) is 44.6 Å². The molecule has 1 amide bonds. The fraction of sp³-hybridized carbons (Fsp3) is 0.577. The van der Waals surface area contributed by atoms with Crippen molar-refractivity contribution in [2.45, 2.75) is 63.3 Å². The molecule has 0 bridgehead atoms. The number of nitrogens with zero attached hydrogens (tertiary/aromatic N) is 4. The Bertz CT molecular complexity index is 1000. The number of benzene rings is 1. The van der Waals surface area contributed by atoms with Crippen LogP contribution in [0.15, 0.2) is 41.2 Å². The van der Waals surface area contributed by atoms with Crippen LogP contribution < -0.4 is 5.56 Å². The predicted octanol–water partition coefficient (Wildman–Crippen LogP) is 3.17. The van der Waals surface area contributed by atoms with Crippen LogP contribution in [0.3, 0.4) is 0 Å². The standard InChI is InChI=1S/C26H34N4O2/c31-25-16-23(27-24-11-5-2-6-14-30(24)25)22-10-7-13-29(18-22)26(32)19-28-15-12-21(17-28)20-8-3-1-4-9-20/h1,3-4,8-9,16,21-22H,2,5-7,10-15,17-19H2. The number of piperidine rings is 1. The largest absolute Gasteiger partial charge is 0.341 e. The molecule has 5 rings (SSSR count). The number of aromatic nitrogens is 2. The molecule has 6 nitrogen and oxygen atoms in total. The van der Waals surface area contributed by atoms with Crippen molar-refractivity contribution in [1.29, 1.82) is 0 Å². The number of aryl methyl sites for hydroxylation is 1. The van der Waals surface area contributed by atoms with Gasteiger partial charge in [-0.25, -0.2) is 4.98 Å². The van der Waals surface area contributed by atoms with Gasteiger partial charge in [0.2, 0.25) is 5.91 Å². The van der Waals surface area contributed by atoms with Crippen LogP contribution in [0.4, 0.5) is 0 Å². The van der Waals surface area contributed by atoms with Crippen LogP contribution in [0.1, 0.15) is 67.4 Å². The summed E-state index contributed by atoms with van der Waals surface area (Å²) >= 11 is 0. The third-order valence-corrected chi connectivity index (χ3v) is 7.48. The van der Waals surface area contributed by atoms with Crippen molar-refractivity contribution >= 4 is 5.91 Å². The smallest absolute Gasteiger partial charge is 0.253 e. The minimum atomic E-state index is 0.0828. The zero-order valence-electron chi connectivity index (χ0n) is 18.9. The van der Waals surface area contributed by atoms with E-state index < -0.39 is 0 Å². The number of fused-ring (bicyclic) bond motifs is 1. The van der Waals surface area contributed by atoms with Crippen LogP contribution in [0.2, 0.25) is 0 Å². The average Bonchev–Trinajstić information content (AvgIpc) is 3.15. The van der Waals surface area contributed by atoms with Gasteiger partial charge in [0.05, 0.1) is 12.2 Å². The Morgan fingerprint density at radius 1 is 0.938 bits per heavy atom. The van der Waals surface area contributed by atoms with Crippen LogP contribution in [0.25, 0.3) is 0 Å². The molecule has 32 heavy (non-hydrogen) atoms. The Labute approximate surface area is 190 Å². The first kappa shape index (κ1) is 21.4. The van der Waals surface area contributed by atoms with E-state index in [1.54, 1.807) is 6.07 Å². The van der Waals surface area contributed by atoms with Gasteiger partial charge in [-0.1, -0.05) is 36.8 Å². The van der Waals surface area contributed by atoms with E-state index >= 15 is 0 Å². The molecule has 1 aromatic heterocycles. The molecule has 1 aromatic carbocycles. The maximum atomic E-state index is 13.1. The van der Waals surface area contributed by atoms with Gasteiger partial charge < -0.3 is 4.90 Å². The Morgan fingerprint density at radius 3 is 2.69 bits per heavy atom. The number of likely N-dealkylation sites (tertiary alicyclic amines) is 2. The highest BCUT2D eigenvalue weighted by Crippen LogP contribution is 2.28. The van der Waals surface area contributed by atoms with E-state index in [4.69, 9.17) is 4.98 Å². The van der Waals surface area contributed by atoms with E-state index in [1.807, 2.05) is 9.47 Å². The monoisotopic (exact) mass is 434 g/mol. The minimum absolute atomic E-state index is 0.0828. The first-order valence-corrected chi connectivity index (χ1v) is 12.3. The van der Waals surface area contributed by atoms with E-state index in [2.05, 4.69) is 35.2 Å². The van der Waals surface area contributed by atoms with Crippen LogP contribution in [0, 0.1) is 0 Å². The number of amides is 1. The average molecular weight is 435 g/mol. The van der Waals surface area contributed by atoms with E-state index in [9.17, 15) is 9.59 Å². The summed E-state index contributed by atoms with van der Waals surface area (Å²) < 4.78 is 1.86. The molecule has 0 saturated carbocycles. The Kier molecular flexibility index (Phi) is 6.39. The maximum absolute atomic E-state index is 13.1. The topological polar surface area (TPSA) is 58.4 Å². The highest BCUT2D eigenvalue weighted by molar-refractivity contribution is 5.78. The van der Waals surface area contributed by atoms with Gasteiger partial charge in [0.25, 0.3) is 5.56 Å². The van der Waals surface area contributed by atoms with Gasteiger partial charge in [0.1, 0.15) is 5.82 Å². The first-order chi connectivity index (χ1) is 15.7. The molecule has 0 aliphatic carbocycles. The molecule has 170 valence electrons. The predicted molar refractivity (Wildman–Crippen MR) is 125 cm³/mol. The third-order valence-electron chi connectivity index (χ3n) is 7.48. The van der Waals surface area contributed by atoms with Crippen molar-refractivity contribution in [2.75, 3.05) is 32.7 Å². The Hall–Kier alpha value is -2.47. The van der Waals surface area contributed by atoms with Gasteiger partial charge in [-0.15, -0.1) is 0 Å². The number of hydrogen-bond acceptors (Lipinski definition) is 4. The summed E-state index contributed by atoms with van der Waals surface area (Å²) in [5.74, 6) is 1.85. The van der Waals surface area contributed by atoms with Crippen molar-refractivity contribution in [3.8, 4) is 0 Å². The molecule has 2 saturated heterocycles. The van der Waals surface area contributed by atoms with Crippen LogP contribution >= 0.6 is 0 Å². The summed E-state index contributed by atoms with van der Waals surface area (Å²) in [4.78, 5) is 35.1. The van der Waals surface area contributed by atoms with Crippen molar-refractivity contribution in [1.82, 2.24) is 19.4 Å². The van der Waals surface area contributed by atoms with Crippen LogP contribution in [0.5, 0.6) is 0 Å². The van der Waals surface area contributed by atoms with Gasteiger partial charge in [0.15, 0.2) is 0 Å². The number of hydrogen-bond donors (Lipinski definition) is 0. The quantitative estimate of drug-likeness (QED) is 0.742. The second-order valence-electron chi connectivity index (χ2n) is 9.71. The number of carbonyl (C=O) groups is 1. The van der Waals surface area contributed by atoms with Crippen molar-refractivity contribution in [3.05, 3.63) is 63.8 Å². The molecule has 6 heteroatoms. The van der Waals surface area contributed by atoms with E-state index in [0.29, 0.717) is 19.0 Å². The van der Waals surface area contributed by atoms with Crippen molar-refractivity contribution < 1.29 is 4.79 Å². The number of carbonyl (C=O) groups excluding carboxylic acids is 1. The second-order valence-corrected chi connectivity index (χ2v) is 9.71. The van der Waals surface area contributed by atoms with E-state index in [1.165, 1.54) is 5.56 Å². The summed E-state index contributed by atoms with van der Waals surface area (Å²) in [5, 5.41) is 0. The molecular weight excluding hydrogens is 400 g/mol. The van der Waals surface area contributed by atoms with Crippen molar-refractivity contribution in [3.63, 3.8) is 0 Å². The molecule has 4 heterocycles. The first-order valence-electron chi connectivity index (χ1n) is 12.3. The lowest BCUT2D eigenvalue weighted by Gasteiger charge is -2.33. The van der Waals surface area contributed by atoms with E-state index in [-0.39, 0.29) is 17.4 Å². The molecule has 0 N–H and O–H groups in total. The molecule has 3 aliphatic heterocycles. The molecule has 3 aliphatic rings. The van der Waals surface area contributed by atoms with Crippen LogP contribution in [-0.4, -0.2) is 58.0 Å². The molecule has 2 unspecified atom stereocenters. The molecule has 0 radical (unpaired) electrons. The van der Waals surface area contributed by atoms with E-state index in [0.717, 1.165) is 82.6 Å². The highest BCUT2D eigenvalue weighted by Gasteiger charge is 2.30. The zero-order valence-corrected chi connectivity index (χ0v) is 18.9. The fourth-order valence-electron chi connectivity index (χ4n) is 5.65. The lowest BCUT2D eigenvalue weighted by Crippen LogP contribution is -2.44. The Morgan fingerprint density at radius 2 is 1.81 bits per heavy atom. The maximum Gasteiger partial charge on any atom is 0.253 e. The molecule has 0 spiro atoms. The SMILES string of the molecule is O=C(CN1CCC(c2ccccc2)C1)N1CCCC(c2cc(=O)n3c(n2)CCCCC3)C1. The summed E-state index contributed by atoms with van der Waals surface area (Å²) in [6, 6.07) is 12.4. The number of rotatable bonds is 4. The molecule has 2 fully saturated rings. The summed E-state index contributed by atoms with van der Waals surface area (Å²) in [6.07, 6.45) is 7.29. The highest BCUT2D eigenvalue weighted by atomic mass is 16.2. The summed E-state index contributed by atoms with van der Waals surface area (Å²) in [5.41, 5.74) is 2.35. The normalized spacial score (nSPS) is 24.2. The third kappa shape index (κ3) is 4.65. The van der Waals surface area contributed by atoms with Crippen LogP contribution in [-0.2, 0) is 17.8 Å². The van der Waals surface area contributed by atoms with Crippen molar-refractivity contribution in [2.24, 2.45) is 0 Å². The van der Waals surface area contributed by atoms with Gasteiger partial charge >= 0.3 is 0 Å². The fourth-order valence-corrected chi connectivity index (χ4v) is 5.65. The van der Waals surface area contributed by atoms with Gasteiger partial charge in [-0.3, -0.25) is 19.1 Å². The minimum Gasteiger partial charge on any atom is -0.341 e. The zero-order chi connectivity index (χ0) is 21.9. The summed E-state index contributed by atoms with van der Waals surface area (Å²) in [6.45, 7) is 4.72. The van der Waals surface area contributed by atoms with Gasteiger partial charge in [-0.2, -0.15) is 0 Å². The molecule has 2 aromatic rings. The molecule has 2 atom stereocenters. The second kappa shape index (κ2) is 9.57. The van der Waals surface area contributed by atoms with Gasteiger partial charge in [-0.05, 0) is 50.1 Å². The molecular formula is C26H34N4O2. The Balaban J connectivity index is 1.22. The summed E-state index contributed by atoms with van der Waals surface area (Å²) in [7, 11) is 0. The lowest BCUT2D eigenvalue weighted by atomic mass is 9.94. The lowest BCUT2D eigenvalue weighted by molar-refractivity contribution is -0.133.